The number of benzene rings is 2. The van der Waals surface area contributed by atoms with Gasteiger partial charge in [0.1, 0.15) is 0 Å². The molecular weight excluding hydrogens is 386 g/mol. The molecule has 7 heteroatoms. The largest absolute Gasteiger partial charge is 0.383 e. The van der Waals surface area contributed by atoms with Crippen molar-refractivity contribution in [2.24, 2.45) is 0 Å². The Morgan fingerprint density at radius 1 is 0.931 bits per heavy atom. The molecule has 0 aliphatic carbocycles. The Hall–Kier alpha value is -3.16. The second-order valence-electron chi connectivity index (χ2n) is 6.31. The highest BCUT2D eigenvalue weighted by molar-refractivity contribution is 7.18. The molecule has 29 heavy (non-hydrogen) atoms. The normalized spacial score (nSPS) is 10.4. The lowest BCUT2D eigenvalue weighted by Crippen LogP contribution is -2.33. The maximum atomic E-state index is 13.0. The maximum absolute atomic E-state index is 13.0. The lowest BCUT2D eigenvalue weighted by molar-refractivity contribution is 0.0685. The van der Waals surface area contributed by atoms with E-state index in [4.69, 9.17) is 4.74 Å². The number of para-hydroxylation sites is 1. The van der Waals surface area contributed by atoms with E-state index in [2.05, 4.69) is 10.6 Å². The average Bonchev–Trinajstić information content (AvgIpc) is 3.20. The van der Waals surface area contributed by atoms with E-state index in [0.29, 0.717) is 35.3 Å². The minimum absolute atomic E-state index is 0.0904. The third-order valence-electron chi connectivity index (χ3n) is 4.15. The summed E-state index contributed by atoms with van der Waals surface area (Å²) in [6.45, 7) is 1.44. The van der Waals surface area contributed by atoms with Crippen molar-refractivity contribution in [2.75, 3.05) is 30.9 Å². The molecule has 2 N–H and O–H groups in total. The summed E-state index contributed by atoms with van der Waals surface area (Å²) in [5.74, 6) is -0.0904. The van der Waals surface area contributed by atoms with Crippen LogP contribution in [0, 0.1) is 0 Å². The SMILES string of the molecule is COCCN(Cc1ccccc1)C(=O)c1ccc(NC(=O)Nc2ccccc2)s1. The molecule has 150 valence electrons. The molecule has 3 aromatic rings. The summed E-state index contributed by atoms with van der Waals surface area (Å²) in [5, 5.41) is 6.13. The summed E-state index contributed by atoms with van der Waals surface area (Å²) >= 11 is 1.25. The number of ether oxygens (including phenoxy) is 1. The maximum Gasteiger partial charge on any atom is 0.324 e. The second-order valence-corrected chi connectivity index (χ2v) is 7.40. The van der Waals surface area contributed by atoms with E-state index in [9.17, 15) is 9.59 Å². The van der Waals surface area contributed by atoms with Gasteiger partial charge in [-0.05, 0) is 29.8 Å². The van der Waals surface area contributed by atoms with Gasteiger partial charge in [-0.25, -0.2) is 4.79 Å². The van der Waals surface area contributed by atoms with E-state index in [1.807, 2.05) is 48.5 Å². The van der Waals surface area contributed by atoms with Gasteiger partial charge in [0.15, 0.2) is 0 Å². The van der Waals surface area contributed by atoms with E-state index < -0.39 is 0 Å². The number of urea groups is 1. The second kappa shape index (κ2) is 10.4. The minimum atomic E-state index is -0.349. The molecule has 0 spiro atoms. The summed E-state index contributed by atoms with van der Waals surface area (Å²) in [6.07, 6.45) is 0. The van der Waals surface area contributed by atoms with Gasteiger partial charge in [-0.3, -0.25) is 10.1 Å². The number of hydrogen-bond donors (Lipinski definition) is 2. The molecule has 3 amide bonds. The smallest absolute Gasteiger partial charge is 0.324 e. The van der Waals surface area contributed by atoms with Gasteiger partial charge < -0.3 is 15.0 Å². The first kappa shape index (κ1) is 20.6. The van der Waals surface area contributed by atoms with Crippen LogP contribution in [0.4, 0.5) is 15.5 Å². The molecule has 1 heterocycles. The minimum Gasteiger partial charge on any atom is -0.383 e. The Balaban J connectivity index is 1.64. The summed E-state index contributed by atoms with van der Waals surface area (Å²) in [5.41, 5.74) is 1.75. The number of amides is 3. The van der Waals surface area contributed by atoms with Crippen molar-refractivity contribution in [3.05, 3.63) is 83.2 Å². The third-order valence-corrected chi connectivity index (χ3v) is 5.14. The zero-order valence-electron chi connectivity index (χ0n) is 16.1. The van der Waals surface area contributed by atoms with Crippen LogP contribution < -0.4 is 10.6 Å². The van der Waals surface area contributed by atoms with Crippen molar-refractivity contribution < 1.29 is 14.3 Å². The van der Waals surface area contributed by atoms with Gasteiger partial charge >= 0.3 is 6.03 Å². The van der Waals surface area contributed by atoms with Crippen LogP contribution >= 0.6 is 11.3 Å². The standard InChI is InChI=1S/C22H23N3O3S/c1-28-15-14-25(16-17-8-4-2-5-9-17)21(26)19-12-13-20(29-19)24-22(27)23-18-10-6-3-7-11-18/h2-13H,14-16H2,1H3,(H2,23,24,27). The number of rotatable bonds is 8. The molecular formula is C22H23N3O3S. The van der Waals surface area contributed by atoms with Crippen LogP contribution in [0.2, 0.25) is 0 Å². The van der Waals surface area contributed by atoms with Crippen molar-refractivity contribution >= 4 is 34.0 Å². The lowest BCUT2D eigenvalue weighted by atomic mass is 10.2. The molecule has 0 saturated heterocycles. The van der Waals surface area contributed by atoms with Gasteiger partial charge in [0, 0.05) is 25.9 Å². The Bertz CT molecular complexity index is 929. The van der Waals surface area contributed by atoms with Gasteiger partial charge in [0.05, 0.1) is 16.5 Å². The van der Waals surface area contributed by atoms with Crippen LogP contribution in [-0.2, 0) is 11.3 Å². The van der Waals surface area contributed by atoms with Crippen LogP contribution in [0.3, 0.4) is 0 Å². The Labute approximate surface area is 174 Å². The lowest BCUT2D eigenvalue weighted by Gasteiger charge is -2.22. The number of hydrogen-bond acceptors (Lipinski definition) is 4. The fourth-order valence-electron chi connectivity index (χ4n) is 2.73. The topological polar surface area (TPSA) is 70.7 Å². The molecule has 0 fully saturated rings. The summed E-state index contributed by atoms with van der Waals surface area (Å²) < 4.78 is 5.15. The van der Waals surface area contributed by atoms with Crippen molar-refractivity contribution in [1.29, 1.82) is 0 Å². The van der Waals surface area contributed by atoms with Crippen LogP contribution in [-0.4, -0.2) is 37.1 Å². The molecule has 6 nitrogen and oxygen atoms in total. The van der Waals surface area contributed by atoms with Crippen LogP contribution in [0.25, 0.3) is 0 Å². The highest BCUT2D eigenvalue weighted by Crippen LogP contribution is 2.24. The van der Waals surface area contributed by atoms with Crippen LogP contribution in [0.1, 0.15) is 15.2 Å². The van der Waals surface area contributed by atoms with Crippen molar-refractivity contribution in [3.8, 4) is 0 Å². The first-order valence-electron chi connectivity index (χ1n) is 9.21. The molecule has 2 aromatic carbocycles. The fraction of sp³-hybridized carbons (Fsp3) is 0.182. The molecule has 0 aliphatic heterocycles. The van der Waals surface area contributed by atoms with Gasteiger partial charge in [-0.15, -0.1) is 11.3 Å². The number of thiophene rings is 1. The van der Waals surface area contributed by atoms with Crippen LogP contribution in [0.5, 0.6) is 0 Å². The zero-order valence-corrected chi connectivity index (χ0v) is 16.9. The number of anilines is 2. The van der Waals surface area contributed by atoms with Crippen molar-refractivity contribution in [1.82, 2.24) is 4.90 Å². The third kappa shape index (κ3) is 6.17. The first-order valence-corrected chi connectivity index (χ1v) is 10.0. The predicted octanol–water partition coefficient (Wildman–Crippen LogP) is 4.68. The Morgan fingerprint density at radius 2 is 1.62 bits per heavy atom. The summed E-state index contributed by atoms with van der Waals surface area (Å²) in [7, 11) is 1.61. The number of nitrogens with zero attached hydrogens (tertiary/aromatic N) is 1. The zero-order chi connectivity index (χ0) is 20.5. The number of nitrogens with one attached hydrogen (secondary N) is 2. The molecule has 0 aliphatic rings. The number of carbonyl (C=O) groups is 2. The molecule has 3 rings (SSSR count). The Morgan fingerprint density at radius 3 is 2.31 bits per heavy atom. The molecule has 0 saturated carbocycles. The van der Waals surface area contributed by atoms with E-state index >= 15 is 0 Å². The van der Waals surface area contributed by atoms with Gasteiger partial charge in [-0.1, -0.05) is 48.5 Å². The highest BCUT2D eigenvalue weighted by atomic mass is 32.1. The van der Waals surface area contributed by atoms with Gasteiger partial charge in [0.25, 0.3) is 5.91 Å². The molecule has 0 unspecified atom stereocenters. The monoisotopic (exact) mass is 409 g/mol. The van der Waals surface area contributed by atoms with Gasteiger partial charge in [0.2, 0.25) is 0 Å². The van der Waals surface area contributed by atoms with E-state index in [-0.39, 0.29) is 11.9 Å². The van der Waals surface area contributed by atoms with E-state index in [1.54, 1.807) is 36.3 Å². The Kier molecular flexibility index (Phi) is 7.38. The highest BCUT2D eigenvalue weighted by Gasteiger charge is 2.18. The van der Waals surface area contributed by atoms with Crippen molar-refractivity contribution in [2.45, 2.75) is 6.54 Å². The summed E-state index contributed by atoms with van der Waals surface area (Å²) in [6, 6.07) is 22.1. The molecule has 0 radical (unpaired) electrons. The van der Waals surface area contributed by atoms with Crippen molar-refractivity contribution in [3.63, 3.8) is 0 Å². The first-order chi connectivity index (χ1) is 14.2. The van der Waals surface area contributed by atoms with Crippen LogP contribution in [0.15, 0.2) is 72.8 Å². The molecule has 1 aromatic heterocycles. The number of methoxy groups -OCH3 is 1. The molecule has 0 atom stereocenters. The average molecular weight is 410 g/mol. The quantitative estimate of drug-likeness (QED) is 0.567. The van der Waals surface area contributed by atoms with E-state index in [0.717, 1.165) is 5.56 Å². The summed E-state index contributed by atoms with van der Waals surface area (Å²) in [4.78, 5) is 27.5. The fourth-order valence-corrected chi connectivity index (χ4v) is 3.60. The van der Waals surface area contributed by atoms with Gasteiger partial charge in [-0.2, -0.15) is 0 Å². The number of carbonyl (C=O) groups excluding carboxylic acids is 2. The molecule has 0 bridgehead atoms. The van der Waals surface area contributed by atoms with E-state index in [1.165, 1.54) is 11.3 Å². The predicted molar refractivity (Wildman–Crippen MR) is 116 cm³/mol.